The van der Waals surface area contributed by atoms with Gasteiger partial charge in [-0.1, -0.05) is 13.0 Å². The SMILES string of the molecule is CCCNC(=O)C(C)(C)C(=O)NCc1ccc2c(c1)OCO2. The van der Waals surface area contributed by atoms with E-state index in [-0.39, 0.29) is 18.6 Å². The first-order chi connectivity index (χ1) is 10.4. The molecular weight excluding hydrogens is 284 g/mol. The van der Waals surface area contributed by atoms with Crippen LogP contribution < -0.4 is 20.1 Å². The molecule has 1 heterocycles. The third-order valence-electron chi connectivity index (χ3n) is 3.56. The molecule has 0 radical (unpaired) electrons. The first kappa shape index (κ1) is 16.1. The Kier molecular flexibility index (Phi) is 4.90. The summed E-state index contributed by atoms with van der Waals surface area (Å²) in [7, 11) is 0. The van der Waals surface area contributed by atoms with E-state index in [4.69, 9.17) is 9.47 Å². The van der Waals surface area contributed by atoms with Gasteiger partial charge in [0.15, 0.2) is 11.5 Å². The van der Waals surface area contributed by atoms with E-state index in [9.17, 15) is 9.59 Å². The fourth-order valence-corrected chi connectivity index (χ4v) is 2.02. The van der Waals surface area contributed by atoms with Crippen LogP contribution in [0.2, 0.25) is 0 Å². The largest absolute Gasteiger partial charge is 0.454 e. The van der Waals surface area contributed by atoms with Crippen molar-refractivity contribution in [2.24, 2.45) is 5.41 Å². The van der Waals surface area contributed by atoms with Gasteiger partial charge in [-0.05, 0) is 38.0 Å². The molecule has 0 bridgehead atoms. The number of benzene rings is 1. The van der Waals surface area contributed by atoms with Gasteiger partial charge in [-0.25, -0.2) is 0 Å². The Bertz CT molecular complexity index is 569. The van der Waals surface area contributed by atoms with E-state index in [0.29, 0.717) is 24.6 Å². The molecule has 1 aromatic rings. The summed E-state index contributed by atoms with van der Waals surface area (Å²) < 4.78 is 10.5. The summed E-state index contributed by atoms with van der Waals surface area (Å²) in [6.07, 6.45) is 0.834. The van der Waals surface area contributed by atoms with Crippen LogP contribution in [-0.2, 0) is 16.1 Å². The average Bonchev–Trinajstić information content (AvgIpc) is 2.97. The number of nitrogens with one attached hydrogen (secondary N) is 2. The van der Waals surface area contributed by atoms with Gasteiger partial charge in [0.25, 0.3) is 0 Å². The minimum absolute atomic E-state index is 0.218. The van der Waals surface area contributed by atoms with Crippen molar-refractivity contribution in [3.05, 3.63) is 23.8 Å². The zero-order valence-corrected chi connectivity index (χ0v) is 13.2. The molecule has 0 aromatic heterocycles. The highest BCUT2D eigenvalue weighted by Gasteiger charge is 2.35. The van der Waals surface area contributed by atoms with E-state index in [1.165, 1.54) is 0 Å². The predicted octanol–water partition coefficient (Wildman–Crippen LogP) is 1.58. The van der Waals surface area contributed by atoms with E-state index in [1.807, 2.05) is 25.1 Å². The molecule has 22 heavy (non-hydrogen) atoms. The molecule has 0 atom stereocenters. The second kappa shape index (κ2) is 6.68. The Morgan fingerprint density at radius 3 is 2.55 bits per heavy atom. The summed E-state index contributed by atoms with van der Waals surface area (Å²) in [4.78, 5) is 24.3. The van der Waals surface area contributed by atoms with Gasteiger partial charge < -0.3 is 20.1 Å². The average molecular weight is 306 g/mol. The number of amides is 2. The van der Waals surface area contributed by atoms with Crippen LogP contribution >= 0.6 is 0 Å². The lowest BCUT2D eigenvalue weighted by Gasteiger charge is -2.22. The molecular formula is C16H22N2O4. The monoisotopic (exact) mass is 306 g/mol. The third kappa shape index (κ3) is 3.50. The van der Waals surface area contributed by atoms with Crippen molar-refractivity contribution in [2.75, 3.05) is 13.3 Å². The molecule has 1 aliphatic rings. The van der Waals surface area contributed by atoms with Crippen molar-refractivity contribution in [2.45, 2.75) is 33.7 Å². The molecule has 2 rings (SSSR count). The first-order valence-electron chi connectivity index (χ1n) is 7.40. The third-order valence-corrected chi connectivity index (χ3v) is 3.56. The van der Waals surface area contributed by atoms with Crippen molar-refractivity contribution in [3.8, 4) is 11.5 Å². The lowest BCUT2D eigenvalue weighted by molar-refractivity contribution is -0.141. The molecule has 0 spiro atoms. The first-order valence-corrected chi connectivity index (χ1v) is 7.40. The molecule has 0 fully saturated rings. The van der Waals surface area contributed by atoms with Gasteiger partial charge >= 0.3 is 0 Å². The van der Waals surface area contributed by atoms with E-state index in [0.717, 1.165) is 12.0 Å². The fraction of sp³-hybridized carbons (Fsp3) is 0.500. The maximum atomic E-state index is 12.2. The smallest absolute Gasteiger partial charge is 0.235 e. The summed E-state index contributed by atoms with van der Waals surface area (Å²) in [6.45, 7) is 6.32. The number of rotatable bonds is 6. The summed E-state index contributed by atoms with van der Waals surface area (Å²) in [5, 5.41) is 5.54. The fourth-order valence-electron chi connectivity index (χ4n) is 2.02. The minimum atomic E-state index is -1.11. The maximum absolute atomic E-state index is 12.2. The summed E-state index contributed by atoms with van der Waals surface area (Å²) >= 11 is 0. The summed E-state index contributed by atoms with van der Waals surface area (Å²) in [5.41, 5.74) is -0.215. The molecule has 120 valence electrons. The summed E-state index contributed by atoms with van der Waals surface area (Å²) in [6, 6.07) is 5.49. The normalized spacial score (nSPS) is 12.9. The highest BCUT2D eigenvalue weighted by molar-refractivity contribution is 6.04. The lowest BCUT2D eigenvalue weighted by Crippen LogP contribution is -2.47. The standard InChI is InChI=1S/C16H22N2O4/c1-4-7-17-14(19)16(2,3)15(20)18-9-11-5-6-12-13(8-11)22-10-21-12/h5-6,8H,4,7,9-10H2,1-3H3,(H,17,19)(H,18,20). The Labute approximate surface area is 130 Å². The highest BCUT2D eigenvalue weighted by atomic mass is 16.7. The number of fused-ring (bicyclic) bond motifs is 1. The molecule has 6 heteroatoms. The number of hydrogen-bond acceptors (Lipinski definition) is 4. The number of carbonyl (C=O) groups excluding carboxylic acids is 2. The predicted molar refractivity (Wildman–Crippen MR) is 81.5 cm³/mol. The van der Waals surface area contributed by atoms with Crippen molar-refractivity contribution in [1.29, 1.82) is 0 Å². The molecule has 6 nitrogen and oxygen atoms in total. The van der Waals surface area contributed by atoms with E-state index < -0.39 is 5.41 Å². The van der Waals surface area contributed by atoms with Gasteiger partial charge in [-0.3, -0.25) is 9.59 Å². The molecule has 0 saturated carbocycles. The number of carbonyl (C=O) groups is 2. The Hall–Kier alpha value is -2.24. The van der Waals surface area contributed by atoms with Gasteiger partial charge in [0.2, 0.25) is 18.6 Å². The summed E-state index contributed by atoms with van der Waals surface area (Å²) in [5.74, 6) is 0.803. The van der Waals surface area contributed by atoms with Crippen LogP contribution in [-0.4, -0.2) is 25.2 Å². The van der Waals surface area contributed by atoms with Gasteiger partial charge in [-0.2, -0.15) is 0 Å². The molecule has 1 aliphatic heterocycles. The number of ether oxygens (including phenoxy) is 2. The van der Waals surface area contributed by atoms with Crippen molar-refractivity contribution >= 4 is 11.8 Å². The zero-order chi connectivity index (χ0) is 16.2. The molecule has 2 N–H and O–H groups in total. The minimum Gasteiger partial charge on any atom is -0.454 e. The quantitative estimate of drug-likeness (QED) is 0.782. The maximum Gasteiger partial charge on any atom is 0.235 e. The van der Waals surface area contributed by atoms with Gasteiger partial charge in [0.1, 0.15) is 5.41 Å². The Morgan fingerprint density at radius 1 is 1.14 bits per heavy atom. The van der Waals surface area contributed by atoms with Crippen LogP contribution in [0.4, 0.5) is 0 Å². The van der Waals surface area contributed by atoms with Crippen molar-refractivity contribution < 1.29 is 19.1 Å². The van der Waals surface area contributed by atoms with Crippen LogP contribution in [0.3, 0.4) is 0 Å². The van der Waals surface area contributed by atoms with E-state index in [1.54, 1.807) is 13.8 Å². The highest BCUT2D eigenvalue weighted by Crippen LogP contribution is 2.32. The van der Waals surface area contributed by atoms with Crippen LogP contribution in [0.1, 0.15) is 32.8 Å². The second-order valence-corrected chi connectivity index (χ2v) is 5.75. The molecule has 0 saturated heterocycles. The molecule has 1 aromatic carbocycles. The topological polar surface area (TPSA) is 76.7 Å². The number of hydrogen-bond donors (Lipinski definition) is 2. The lowest BCUT2D eigenvalue weighted by atomic mass is 9.91. The van der Waals surface area contributed by atoms with Crippen molar-refractivity contribution in [1.82, 2.24) is 10.6 Å². The Balaban J connectivity index is 1.93. The Morgan fingerprint density at radius 2 is 1.82 bits per heavy atom. The zero-order valence-electron chi connectivity index (χ0n) is 13.2. The van der Waals surface area contributed by atoms with E-state index in [2.05, 4.69) is 10.6 Å². The molecule has 2 amide bonds. The molecule has 0 aliphatic carbocycles. The van der Waals surface area contributed by atoms with E-state index >= 15 is 0 Å². The van der Waals surface area contributed by atoms with Crippen LogP contribution in [0.15, 0.2) is 18.2 Å². The van der Waals surface area contributed by atoms with Crippen LogP contribution in [0.5, 0.6) is 11.5 Å². The van der Waals surface area contributed by atoms with Crippen LogP contribution in [0, 0.1) is 5.41 Å². The van der Waals surface area contributed by atoms with Gasteiger partial charge in [0.05, 0.1) is 0 Å². The van der Waals surface area contributed by atoms with Gasteiger partial charge in [-0.15, -0.1) is 0 Å². The second-order valence-electron chi connectivity index (χ2n) is 5.75. The van der Waals surface area contributed by atoms with Gasteiger partial charge in [0, 0.05) is 13.1 Å². The molecule has 0 unspecified atom stereocenters. The van der Waals surface area contributed by atoms with Crippen LogP contribution in [0.25, 0.3) is 0 Å². The van der Waals surface area contributed by atoms with Crippen molar-refractivity contribution in [3.63, 3.8) is 0 Å².